The maximum atomic E-state index is 12.5. The van der Waals surface area contributed by atoms with Crippen molar-refractivity contribution in [2.45, 2.75) is 0 Å². The summed E-state index contributed by atoms with van der Waals surface area (Å²) in [5, 5.41) is 8.77. The van der Waals surface area contributed by atoms with E-state index >= 15 is 0 Å². The first kappa shape index (κ1) is 19.9. The topological polar surface area (TPSA) is 96.7 Å². The SMILES string of the molecule is N#Cc1ccc(OCCOC(=O)c2ccc(N3C(=O)c4ccccc4C3=O)cc2)cc1. The Morgan fingerprint density at radius 2 is 1.45 bits per heavy atom. The third kappa shape index (κ3) is 4.00. The molecule has 0 unspecified atom stereocenters. The van der Waals surface area contributed by atoms with Gasteiger partial charge in [-0.3, -0.25) is 9.59 Å². The second-order valence-corrected chi connectivity index (χ2v) is 6.66. The fraction of sp³-hybridized carbons (Fsp3) is 0.0833. The number of carbonyl (C=O) groups excluding carboxylic acids is 3. The van der Waals surface area contributed by atoms with Gasteiger partial charge in [-0.1, -0.05) is 12.1 Å². The highest BCUT2D eigenvalue weighted by molar-refractivity contribution is 6.34. The van der Waals surface area contributed by atoms with Gasteiger partial charge in [-0.25, -0.2) is 9.69 Å². The lowest BCUT2D eigenvalue weighted by Crippen LogP contribution is -2.29. The van der Waals surface area contributed by atoms with E-state index < -0.39 is 17.8 Å². The summed E-state index contributed by atoms with van der Waals surface area (Å²) in [6.45, 7) is 0.198. The molecule has 7 nitrogen and oxygen atoms in total. The second-order valence-electron chi connectivity index (χ2n) is 6.66. The zero-order valence-electron chi connectivity index (χ0n) is 16.3. The summed E-state index contributed by atoms with van der Waals surface area (Å²) in [7, 11) is 0. The number of rotatable bonds is 6. The Bertz CT molecular complexity index is 1160. The predicted molar refractivity (Wildman–Crippen MR) is 111 cm³/mol. The molecule has 7 heteroatoms. The largest absolute Gasteiger partial charge is 0.490 e. The van der Waals surface area contributed by atoms with Crippen LogP contribution in [-0.4, -0.2) is 31.0 Å². The number of ether oxygens (including phenoxy) is 2. The van der Waals surface area contributed by atoms with Gasteiger partial charge >= 0.3 is 5.97 Å². The highest BCUT2D eigenvalue weighted by atomic mass is 16.6. The third-order valence-corrected chi connectivity index (χ3v) is 4.72. The van der Waals surface area contributed by atoms with Crippen molar-refractivity contribution in [2.75, 3.05) is 18.1 Å². The van der Waals surface area contributed by atoms with Gasteiger partial charge in [-0.15, -0.1) is 0 Å². The van der Waals surface area contributed by atoms with Gasteiger partial charge in [0.1, 0.15) is 19.0 Å². The summed E-state index contributed by atoms with van der Waals surface area (Å²) in [6.07, 6.45) is 0. The van der Waals surface area contributed by atoms with E-state index in [0.29, 0.717) is 33.7 Å². The number of benzene rings is 3. The van der Waals surface area contributed by atoms with E-state index in [1.54, 1.807) is 48.5 Å². The maximum Gasteiger partial charge on any atom is 0.338 e. The summed E-state index contributed by atoms with van der Waals surface area (Å²) < 4.78 is 10.7. The van der Waals surface area contributed by atoms with Crippen molar-refractivity contribution in [1.29, 1.82) is 5.26 Å². The van der Waals surface area contributed by atoms with E-state index in [1.807, 2.05) is 6.07 Å². The molecule has 31 heavy (non-hydrogen) atoms. The first-order chi connectivity index (χ1) is 15.1. The predicted octanol–water partition coefficient (Wildman–Crippen LogP) is 3.59. The highest BCUT2D eigenvalue weighted by Gasteiger charge is 2.36. The smallest absolute Gasteiger partial charge is 0.338 e. The molecule has 0 aliphatic carbocycles. The van der Waals surface area contributed by atoms with Crippen LogP contribution >= 0.6 is 0 Å². The molecule has 1 aliphatic rings. The summed E-state index contributed by atoms with van der Waals surface area (Å²) in [6, 6.07) is 21.3. The van der Waals surface area contributed by atoms with E-state index in [1.165, 1.54) is 24.3 Å². The average Bonchev–Trinajstić information content (AvgIpc) is 3.07. The summed E-state index contributed by atoms with van der Waals surface area (Å²) in [4.78, 5) is 38.4. The van der Waals surface area contributed by atoms with Crippen molar-refractivity contribution in [1.82, 2.24) is 0 Å². The number of hydrogen-bond acceptors (Lipinski definition) is 6. The fourth-order valence-corrected chi connectivity index (χ4v) is 3.17. The molecule has 0 radical (unpaired) electrons. The van der Waals surface area contributed by atoms with Gasteiger partial charge in [-0.05, 0) is 60.7 Å². The monoisotopic (exact) mass is 412 g/mol. The van der Waals surface area contributed by atoms with E-state index in [-0.39, 0.29) is 13.2 Å². The molecule has 0 spiro atoms. The Morgan fingerprint density at radius 1 is 0.839 bits per heavy atom. The lowest BCUT2D eigenvalue weighted by atomic mass is 10.1. The number of anilines is 1. The number of fused-ring (bicyclic) bond motifs is 1. The summed E-state index contributed by atoms with van der Waals surface area (Å²) >= 11 is 0. The van der Waals surface area contributed by atoms with Gasteiger partial charge in [-0.2, -0.15) is 5.26 Å². The number of nitrogens with zero attached hydrogens (tertiary/aromatic N) is 2. The number of esters is 1. The Balaban J connectivity index is 1.33. The molecule has 0 aromatic heterocycles. The van der Waals surface area contributed by atoms with Crippen LogP contribution in [0.25, 0.3) is 0 Å². The van der Waals surface area contributed by atoms with Gasteiger partial charge in [0.05, 0.1) is 34.0 Å². The molecule has 0 fully saturated rings. The van der Waals surface area contributed by atoms with Gasteiger partial charge in [0.25, 0.3) is 11.8 Å². The molecule has 0 saturated heterocycles. The Morgan fingerprint density at radius 3 is 2.03 bits per heavy atom. The lowest BCUT2D eigenvalue weighted by molar-refractivity contribution is 0.0450. The van der Waals surface area contributed by atoms with Crippen molar-refractivity contribution in [3.05, 3.63) is 95.1 Å². The standard InChI is InChI=1S/C24H16N2O5/c25-15-16-5-11-19(12-6-16)30-13-14-31-24(29)17-7-9-18(10-8-17)26-22(27)20-3-1-2-4-21(20)23(26)28/h1-12H,13-14H2. The van der Waals surface area contributed by atoms with Gasteiger partial charge in [0, 0.05) is 0 Å². The van der Waals surface area contributed by atoms with Crippen LogP contribution in [0, 0.1) is 11.3 Å². The minimum atomic E-state index is -0.544. The van der Waals surface area contributed by atoms with Gasteiger partial charge < -0.3 is 9.47 Å². The van der Waals surface area contributed by atoms with Crippen LogP contribution in [0.15, 0.2) is 72.8 Å². The van der Waals surface area contributed by atoms with Crippen LogP contribution in [0.2, 0.25) is 0 Å². The van der Waals surface area contributed by atoms with Gasteiger partial charge in [0.15, 0.2) is 0 Å². The first-order valence-corrected chi connectivity index (χ1v) is 9.46. The number of imide groups is 1. The molecule has 2 amide bonds. The second kappa shape index (κ2) is 8.51. The molecule has 3 aromatic rings. The molecule has 0 N–H and O–H groups in total. The van der Waals surface area contributed by atoms with Crippen LogP contribution in [0.1, 0.15) is 36.6 Å². The zero-order valence-corrected chi connectivity index (χ0v) is 16.3. The van der Waals surface area contributed by atoms with Crippen LogP contribution in [0.4, 0.5) is 5.69 Å². The van der Waals surface area contributed by atoms with Crippen molar-refractivity contribution >= 4 is 23.5 Å². The highest BCUT2D eigenvalue weighted by Crippen LogP contribution is 2.28. The van der Waals surface area contributed by atoms with E-state index in [4.69, 9.17) is 14.7 Å². The number of nitriles is 1. The minimum Gasteiger partial charge on any atom is -0.490 e. The Kier molecular flexibility index (Phi) is 5.45. The summed E-state index contributed by atoms with van der Waals surface area (Å²) in [5.41, 5.74) is 1.92. The van der Waals surface area contributed by atoms with Crippen molar-refractivity contribution in [3.63, 3.8) is 0 Å². The fourth-order valence-electron chi connectivity index (χ4n) is 3.17. The van der Waals surface area contributed by atoms with E-state index in [0.717, 1.165) is 4.90 Å². The van der Waals surface area contributed by atoms with Crippen molar-refractivity contribution in [2.24, 2.45) is 0 Å². The molecule has 1 aliphatic heterocycles. The molecule has 0 bridgehead atoms. The maximum absolute atomic E-state index is 12.5. The summed E-state index contributed by atoms with van der Waals surface area (Å²) in [5.74, 6) is -0.760. The third-order valence-electron chi connectivity index (χ3n) is 4.72. The van der Waals surface area contributed by atoms with Crippen molar-refractivity contribution in [3.8, 4) is 11.8 Å². The Labute approximate surface area is 178 Å². The molecular formula is C24H16N2O5. The number of carbonyl (C=O) groups is 3. The van der Waals surface area contributed by atoms with Crippen LogP contribution in [-0.2, 0) is 4.74 Å². The van der Waals surface area contributed by atoms with E-state index in [9.17, 15) is 14.4 Å². The van der Waals surface area contributed by atoms with Crippen LogP contribution in [0.5, 0.6) is 5.75 Å². The average molecular weight is 412 g/mol. The Hall–Kier alpha value is -4.44. The molecular weight excluding hydrogens is 396 g/mol. The molecule has 152 valence electrons. The first-order valence-electron chi connectivity index (χ1n) is 9.46. The number of amides is 2. The van der Waals surface area contributed by atoms with Crippen LogP contribution < -0.4 is 9.64 Å². The molecule has 4 rings (SSSR count). The zero-order chi connectivity index (χ0) is 21.8. The van der Waals surface area contributed by atoms with Crippen molar-refractivity contribution < 1.29 is 23.9 Å². The number of hydrogen-bond donors (Lipinski definition) is 0. The quantitative estimate of drug-likeness (QED) is 0.349. The van der Waals surface area contributed by atoms with Crippen LogP contribution in [0.3, 0.4) is 0 Å². The molecule has 3 aromatic carbocycles. The minimum absolute atomic E-state index is 0.0407. The molecule has 1 heterocycles. The molecule has 0 saturated carbocycles. The van der Waals surface area contributed by atoms with Gasteiger partial charge in [0.2, 0.25) is 0 Å². The normalized spacial score (nSPS) is 12.3. The lowest BCUT2D eigenvalue weighted by Gasteiger charge is -2.14. The molecule has 0 atom stereocenters. The van der Waals surface area contributed by atoms with E-state index in [2.05, 4.69) is 0 Å².